The Hall–Kier alpha value is -1.79. The Kier molecular flexibility index (Phi) is 6.03. The van der Waals surface area contributed by atoms with Crippen molar-refractivity contribution in [1.29, 1.82) is 0 Å². The van der Waals surface area contributed by atoms with Gasteiger partial charge in [-0.15, -0.1) is 0 Å². The van der Waals surface area contributed by atoms with E-state index in [9.17, 15) is 9.90 Å². The van der Waals surface area contributed by atoms with Gasteiger partial charge in [-0.1, -0.05) is 6.92 Å². The van der Waals surface area contributed by atoms with Crippen LogP contribution in [0.25, 0.3) is 11.0 Å². The van der Waals surface area contributed by atoms with Gasteiger partial charge in [0.2, 0.25) is 0 Å². The van der Waals surface area contributed by atoms with Crippen LogP contribution in [0.1, 0.15) is 71.6 Å². The molecule has 0 bridgehead atoms. The number of carbonyl (C=O) groups is 1. The largest absolute Gasteiger partial charge is 0.387 e. The molecule has 0 aliphatic heterocycles. The van der Waals surface area contributed by atoms with Crippen molar-refractivity contribution in [3.63, 3.8) is 0 Å². The van der Waals surface area contributed by atoms with Crippen LogP contribution in [-0.2, 0) is 16.1 Å². The highest BCUT2D eigenvalue weighted by molar-refractivity contribution is 5.84. The van der Waals surface area contributed by atoms with Gasteiger partial charge in [0.05, 0.1) is 23.9 Å². The molecule has 6 nitrogen and oxygen atoms in total. The Morgan fingerprint density at radius 1 is 1.14 bits per heavy atom. The molecule has 0 amide bonds. The van der Waals surface area contributed by atoms with Crippen molar-refractivity contribution >= 4 is 16.8 Å². The maximum Gasteiger partial charge on any atom is 0.157 e. The van der Waals surface area contributed by atoms with Crippen LogP contribution in [-0.4, -0.2) is 44.5 Å². The number of aliphatic hydroxyl groups is 1. The quantitative estimate of drug-likeness (QED) is 0.628. The summed E-state index contributed by atoms with van der Waals surface area (Å²) in [6.07, 6.45) is 13.6. The van der Waals surface area contributed by atoms with E-state index in [2.05, 4.69) is 17.0 Å². The van der Waals surface area contributed by atoms with Crippen LogP contribution < -0.4 is 0 Å². The maximum absolute atomic E-state index is 13.6. The summed E-state index contributed by atoms with van der Waals surface area (Å²) in [5.74, 6) is 4.08. The summed E-state index contributed by atoms with van der Waals surface area (Å²) in [5, 5.41) is 15.6. The molecular formula is C29H41N3O3. The summed E-state index contributed by atoms with van der Waals surface area (Å²) in [6, 6.07) is 3.92. The first-order chi connectivity index (χ1) is 16.9. The number of pyridine rings is 1. The van der Waals surface area contributed by atoms with Gasteiger partial charge in [-0.3, -0.25) is 14.5 Å². The fraction of sp³-hybridized carbons (Fsp3) is 0.759. The Morgan fingerprint density at radius 2 is 2.00 bits per heavy atom. The van der Waals surface area contributed by atoms with Crippen molar-refractivity contribution in [2.45, 2.75) is 83.8 Å². The highest BCUT2D eigenvalue weighted by Gasteiger charge is 2.59. The van der Waals surface area contributed by atoms with Crippen LogP contribution in [0.5, 0.6) is 0 Å². The lowest BCUT2D eigenvalue weighted by Gasteiger charge is -2.57. The zero-order chi connectivity index (χ0) is 24.2. The molecule has 4 saturated carbocycles. The average molecular weight is 480 g/mol. The minimum absolute atomic E-state index is 0.122. The van der Waals surface area contributed by atoms with Crippen LogP contribution in [0, 0.1) is 40.9 Å². The lowest BCUT2D eigenvalue weighted by atomic mass is 9.49. The molecule has 0 radical (unpaired) electrons. The van der Waals surface area contributed by atoms with Gasteiger partial charge >= 0.3 is 0 Å². The number of Topliss-reactive ketones (excluding diaryl/α,β-unsaturated/α-hetero) is 1. The van der Waals surface area contributed by atoms with Gasteiger partial charge in [0.15, 0.2) is 5.78 Å². The molecule has 4 fully saturated rings. The summed E-state index contributed by atoms with van der Waals surface area (Å²) in [6.45, 7) is 5.97. The SMILES string of the molecule is CCOCC1(O)CCC2C(CCC3C2CCC2(C)C(C(=O)Cn4ncc5ncccc54)CCC32)C1. The molecule has 6 rings (SSSR count). The van der Waals surface area contributed by atoms with E-state index >= 15 is 0 Å². The Bertz CT molecular complexity index is 1080. The molecule has 35 heavy (non-hydrogen) atoms. The molecule has 0 saturated heterocycles. The predicted molar refractivity (Wildman–Crippen MR) is 135 cm³/mol. The van der Waals surface area contributed by atoms with Gasteiger partial charge in [0.25, 0.3) is 0 Å². The number of carbonyl (C=O) groups excluding carboxylic acids is 1. The highest BCUT2D eigenvalue weighted by atomic mass is 16.5. The molecule has 2 aromatic rings. The molecule has 8 atom stereocenters. The van der Waals surface area contributed by atoms with Gasteiger partial charge in [-0.2, -0.15) is 5.10 Å². The smallest absolute Gasteiger partial charge is 0.157 e. The second-order valence-corrected chi connectivity index (χ2v) is 12.4. The first-order valence-electron chi connectivity index (χ1n) is 14.0. The lowest BCUT2D eigenvalue weighted by Crippen LogP contribution is -2.52. The molecular weight excluding hydrogens is 438 g/mol. The molecule has 0 aromatic carbocycles. The number of fused-ring (bicyclic) bond motifs is 6. The van der Waals surface area contributed by atoms with E-state index in [0.29, 0.717) is 37.4 Å². The van der Waals surface area contributed by atoms with Crippen molar-refractivity contribution < 1.29 is 14.6 Å². The molecule has 0 spiro atoms. The van der Waals surface area contributed by atoms with Gasteiger partial charge < -0.3 is 9.84 Å². The second kappa shape index (κ2) is 8.95. The summed E-state index contributed by atoms with van der Waals surface area (Å²) in [5.41, 5.74) is 1.30. The molecule has 190 valence electrons. The third kappa shape index (κ3) is 3.96. The molecule has 2 aromatic heterocycles. The van der Waals surface area contributed by atoms with Crippen LogP contribution >= 0.6 is 0 Å². The lowest BCUT2D eigenvalue weighted by molar-refractivity contribution is -0.138. The van der Waals surface area contributed by atoms with E-state index in [1.165, 1.54) is 32.1 Å². The molecule has 2 heterocycles. The van der Waals surface area contributed by atoms with E-state index < -0.39 is 5.60 Å². The van der Waals surface area contributed by atoms with Crippen molar-refractivity contribution in [3.05, 3.63) is 24.5 Å². The van der Waals surface area contributed by atoms with E-state index in [1.807, 2.05) is 23.7 Å². The first kappa shape index (κ1) is 23.6. The zero-order valence-corrected chi connectivity index (χ0v) is 21.4. The Labute approximate surface area is 208 Å². The normalized spacial score (nSPS) is 40.8. The second-order valence-electron chi connectivity index (χ2n) is 12.4. The number of ketones is 1. The van der Waals surface area contributed by atoms with E-state index in [4.69, 9.17) is 4.74 Å². The minimum Gasteiger partial charge on any atom is -0.387 e. The summed E-state index contributed by atoms with van der Waals surface area (Å²) < 4.78 is 7.49. The third-order valence-electron chi connectivity index (χ3n) is 10.8. The zero-order valence-electron chi connectivity index (χ0n) is 21.4. The topological polar surface area (TPSA) is 77.2 Å². The molecule has 4 aliphatic carbocycles. The highest BCUT2D eigenvalue weighted by Crippen LogP contribution is 2.64. The number of ether oxygens (including phenoxy) is 1. The van der Waals surface area contributed by atoms with Crippen LogP contribution in [0.15, 0.2) is 24.5 Å². The predicted octanol–water partition coefficient (Wildman–Crippen LogP) is 5.04. The summed E-state index contributed by atoms with van der Waals surface area (Å²) >= 11 is 0. The average Bonchev–Trinajstić information content (AvgIpc) is 3.43. The van der Waals surface area contributed by atoms with Crippen LogP contribution in [0.4, 0.5) is 0 Å². The van der Waals surface area contributed by atoms with Crippen molar-refractivity contribution in [1.82, 2.24) is 14.8 Å². The van der Waals surface area contributed by atoms with Crippen molar-refractivity contribution in [2.75, 3.05) is 13.2 Å². The number of hydrogen-bond acceptors (Lipinski definition) is 5. The molecule has 1 N–H and O–H groups in total. The number of rotatable bonds is 6. The van der Waals surface area contributed by atoms with Crippen molar-refractivity contribution in [3.8, 4) is 0 Å². The number of aromatic nitrogens is 3. The maximum atomic E-state index is 13.6. The third-order valence-corrected chi connectivity index (χ3v) is 10.8. The van der Waals surface area contributed by atoms with Gasteiger partial charge in [0, 0.05) is 18.7 Å². The molecule has 8 unspecified atom stereocenters. The van der Waals surface area contributed by atoms with Gasteiger partial charge in [-0.05, 0) is 112 Å². The molecule has 6 heteroatoms. The van der Waals surface area contributed by atoms with E-state index in [1.54, 1.807) is 12.4 Å². The first-order valence-corrected chi connectivity index (χ1v) is 14.0. The van der Waals surface area contributed by atoms with E-state index in [-0.39, 0.29) is 11.3 Å². The van der Waals surface area contributed by atoms with Crippen LogP contribution in [0.3, 0.4) is 0 Å². The monoisotopic (exact) mass is 479 g/mol. The Morgan fingerprint density at radius 3 is 2.86 bits per heavy atom. The van der Waals surface area contributed by atoms with Crippen molar-refractivity contribution in [2.24, 2.45) is 40.9 Å². The Balaban J connectivity index is 1.15. The summed E-state index contributed by atoms with van der Waals surface area (Å²) in [4.78, 5) is 18.0. The molecule has 4 aliphatic rings. The number of hydrogen-bond donors (Lipinski definition) is 1. The fourth-order valence-corrected chi connectivity index (χ4v) is 9.21. The standard InChI is InChI=1S/C29H41N3O3/c1-3-35-18-29(34)13-11-20-19(15-29)6-7-22-21(20)10-12-28(2)23(22)8-9-24(28)27(33)17-32-26-5-4-14-30-25(26)16-31-32/h4-5,14,16,19-24,34H,3,6-13,15,17-18H2,1-2H3. The van der Waals surface area contributed by atoms with Crippen LogP contribution in [0.2, 0.25) is 0 Å². The number of nitrogens with zero attached hydrogens (tertiary/aromatic N) is 3. The van der Waals surface area contributed by atoms with E-state index in [0.717, 1.165) is 54.5 Å². The van der Waals surface area contributed by atoms with Gasteiger partial charge in [-0.25, -0.2) is 0 Å². The summed E-state index contributed by atoms with van der Waals surface area (Å²) in [7, 11) is 0. The fourth-order valence-electron chi connectivity index (χ4n) is 9.21. The minimum atomic E-state index is -0.621. The van der Waals surface area contributed by atoms with Gasteiger partial charge in [0.1, 0.15) is 12.1 Å².